The van der Waals surface area contributed by atoms with Gasteiger partial charge in [-0.3, -0.25) is 4.90 Å². The maximum absolute atomic E-state index is 3.71. The topological polar surface area (TPSA) is 15.3 Å². The molecule has 90 valence electrons. The Hall–Kier alpha value is -0.0800. The Morgan fingerprint density at radius 3 is 2.33 bits per heavy atom. The van der Waals surface area contributed by atoms with Crippen molar-refractivity contribution in [1.82, 2.24) is 10.2 Å². The molecule has 0 aromatic carbocycles. The predicted molar refractivity (Wildman–Crippen MR) is 67.2 cm³/mol. The van der Waals surface area contributed by atoms with Crippen molar-refractivity contribution in [2.45, 2.75) is 71.5 Å². The minimum Gasteiger partial charge on any atom is -0.309 e. The van der Waals surface area contributed by atoms with Crippen LogP contribution in [0.4, 0.5) is 0 Å². The maximum Gasteiger partial charge on any atom is 0.0278 e. The predicted octanol–water partition coefficient (Wildman–Crippen LogP) is 2.64. The molecule has 0 aromatic rings. The quantitative estimate of drug-likeness (QED) is 0.757. The molecule has 1 rings (SSSR count). The maximum atomic E-state index is 3.71. The molecule has 0 radical (unpaired) electrons. The minimum atomic E-state index is 0.291. The van der Waals surface area contributed by atoms with Crippen LogP contribution in [0.5, 0.6) is 0 Å². The van der Waals surface area contributed by atoms with Gasteiger partial charge in [0.15, 0.2) is 0 Å². The normalized spacial score (nSPS) is 34.4. The second kappa shape index (κ2) is 4.42. The van der Waals surface area contributed by atoms with Crippen LogP contribution in [0.25, 0.3) is 0 Å². The zero-order valence-corrected chi connectivity index (χ0v) is 11.4. The van der Waals surface area contributed by atoms with Gasteiger partial charge >= 0.3 is 0 Å². The molecule has 0 amide bonds. The van der Waals surface area contributed by atoms with Gasteiger partial charge in [0, 0.05) is 30.2 Å². The third-order valence-electron chi connectivity index (χ3n) is 3.84. The second-order valence-electron chi connectivity index (χ2n) is 6.16. The van der Waals surface area contributed by atoms with Gasteiger partial charge in [-0.25, -0.2) is 0 Å². The Morgan fingerprint density at radius 1 is 1.33 bits per heavy atom. The van der Waals surface area contributed by atoms with Crippen molar-refractivity contribution < 1.29 is 0 Å². The third kappa shape index (κ3) is 2.94. The average molecular weight is 212 g/mol. The van der Waals surface area contributed by atoms with Gasteiger partial charge in [0.25, 0.3) is 0 Å². The molecule has 1 heterocycles. The summed E-state index contributed by atoms with van der Waals surface area (Å²) < 4.78 is 0. The van der Waals surface area contributed by atoms with Crippen molar-refractivity contribution in [2.24, 2.45) is 0 Å². The van der Waals surface area contributed by atoms with E-state index in [0.29, 0.717) is 17.1 Å². The van der Waals surface area contributed by atoms with Crippen LogP contribution in [0.3, 0.4) is 0 Å². The molecular formula is C13H28N2. The molecule has 0 aromatic heterocycles. The SMILES string of the molecule is CCC1CNC(C)(CC)CN1C(C)(C)C. The minimum absolute atomic E-state index is 0.291. The van der Waals surface area contributed by atoms with Crippen molar-refractivity contribution in [3.8, 4) is 0 Å². The molecule has 2 unspecified atom stereocenters. The van der Waals surface area contributed by atoms with E-state index in [1.807, 2.05) is 0 Å². The van der Waals surface area contributed by atoms with Gasteiger partial charge in [0.2, 0.25) is 0 Å². The Kier molecular flexibility index (Phi) is 3.83. The summed E-state index contributed by atoms with van der Waals surface area (Å²) in [4.78, 5) is 2.67. The van der Waals surface area contributed by atoms with Gasteiger partial charge in [0.05, 0.1) is 0 Å². The van der Waals surface area contributed by atoms with Crippen LogP contribution in [0.2, 0.25) is 0 Å². The molecular weight excluding hydrogens is 184 g/mol. The van der Waals surface area contributed by atoms with E-state index in [0.717, 1.165) is 6.54 Å². The molecule has 1 aliphatic heterocycles. The smallest absolute Gasteiger partial charge is 0.0278 e. The highest BCUT2D eigenvalue weighted by Gasteiger charge is 2.38. The summed E-state index contributed by atoms with van der Waals surface area (Å²) in [5.41, 5.74) is 0.595. The van der Waals surface area contributed by atoms with E-state index in [2.05, 4.69) is 51.8 Å². The molecule has 1 aliphatic rings. The summed E-state index contributed by atoms with van der Waals surface area (Å²) in [5, 5.41) is 3.71. The number of nitrogens with one attached hydrogen (secondary N) is 1. The molecule has 1 N–H and O–H groups in total. The van der Waals surface area contributed by atoms with Crippen molar-refractivity contribution in [1.29, 1.82) is 0 Å². The van der Waals surface area contributed by atoms with Gasteiger partial charge in [-0.1, -0.05) is 13.8 Å². The Balaban J connectivity index is 2.79. The van der Waals surface area contributed by atoms with E-state index in [4.69, 9.17) is 0 Å². The number of hydrogen-bond acceptors (Lipinski definition) is 2. The first-order valence-electron chi connectivity index (χ1n) is 6.34. The Labute approximate surface area is 95.4 Å². The molecule has 0 spiro atoms. The summed E-state index contributed by atoms with van der Waals surface area (Å²) in [5.74, 6) is 0. The number of hydrogen-bond donors (Lipinski definition) is 1. The van der Waals surface area contributed by atoms with Gasteiger partial charge in [0.1, 0.15) is 0 Å². The van der Waals surface area contributed by atoms with Crippen LogP contribution in [-0.4, -0.2) is 35.1 Å². The first-order valence-corrected chi connectivity index (χ1v) is 6.34. The molecule has 1 saturated heterocycles. The van der Waals surface area contributed by atoms with Crippen molar-refractivity contribution >= 4 is 0 Å². The summed E-state index contributed by atoms with van der Waals surface area (Å²) >= 11 is 0. The summed E-state index contributed by atoms with van der Waals surface area (Å²) in [6.45, 7) is 16.2. The molecule has 1 fully saturated rings. The van der Waals surface area contributed by atoms with Gasteiger partial charge < -0.3 is 5.32 Å². The van der Waals surface area contributed by atoms with Crippen molar-refractivity contribution in [3.05, 3.63) is 0 Å². The molecule has 2 nitrogen and oxygen atoms in total. The zero-order valence-electron chi connectivity index (χ0n) is 11.4. The Bertz CT molecular complexity index is 207. The Morgan fingerprint density at radius 2 is 1.93 bits per heavy atom. The van der Waals surface area contributed by atoms with Crippen LogP contribution in [0, 0.1) is 0 Å². The molecule has 0 aliphatic carbocycles. The molecule has 0 bridgehead atoms. The van der Waals surface area contributed by atoms with Crippen molar-refractivity contribution in [2.75, 3.05) is 13.1 Å². The highest BCUT2D eigenvalue weighted by atomic mass is 15.3. The largest absolute Gasteiger partial charge is 0.309 e. The third-order valence-corrected chi connectivity index (χ3v) is 3.84. The highest BCUT2D eigenvalue weighted by Crippen LogP contribution is 2.27. The van der Waals surface area contributed by atoms with Crippen LogP contribution in [0.15, 0.2) is 0 Å². The lowest BCUT2D eigenvalue weighted by molar-refractivity contribution is 0.0108. The van der Waals surface area contributed by atoms with E-state index in [-0.39, 0.29) is 0 Å². The van der Waals surface area contributed by atoms with Crippen LogP contribution in [-0.2, 0) is 0 Å². The fourth-order valence-electron chi connectivity index (χ4n) is 2.42. The van der Waals surface area contributed by atoms with Gasteiger partial charge in [-0.2, -0.15) is 0 Å². The second-order valence-corrected chi connectivity index (χ2v) is 6.16. The van der Waals surface area contributed by atoms with E-state index < -0.39 is 0 Å². The number of piperazine rings is 1. The summed E-state index contributed by atoms with van der Waals surface area (Å²) in [6.07, 6.45) is 2.44. The number of nitrogens with zero attached hydrogens (tertiary/aromatic N) is 1. The fraction of sp³-hybridized carbons (Fsp3) is 1.00. The molecule has 0 saturated carbocycles. The first-order chi connectivity index (χ1) is 6.82. The van der Waals surface area contributed by atoms with Crippen LogP contribution < -0.4 is 5.32 Å². The zero-order chi connectivity index (χ0) is 11.7. The van der Waals surface area contributed by atoms with Gasteiger partial charge in [-0.15, -0.1) is 0 Å². The van der Waals surface area contributed by atoms with Crippen molar-refractivity contribution in [3.63, 3.8) is 0 Å². The standard InChI is InChI=1S/C13H28N2/c1-7-11-9-14-13(6,8-2)10-15(11)12(3,4)5/h11,14H,7-10H2,1-6H3. The van der Waals surface area contributed by atoms with E-state index in [1.54, 1.807) is 0 Å². The van der Waals surface area contributed by atoms with Crippen LogP contribution in [0.1, 0.15) is 54.4 Å². The lowest BCUT2D eigenvalue weighted by atomic mass is 9.89. The summed E-state index contributed by atoms with van der Waals surface area (Å²) in [6, 6.07) is 0.699. The summed E-state index contributed by atoms with van der Waals surface area (Å²) in [7, 11) is 0. The molecule has 15 heavy (non-hydrogen) atoms. The monoisotopic (exact) mass is 212 g/mol. The van der Waals surface area contributed by atoms with E-state index in [1.165, 1.54) is 19.4 Å². The lowest BCUT2D eigenvalue weighted by Crippen LogP contribution is -2.66. The van der Waals surface area contributed by atoms with Gasteiger partial charge in [-0.05, 0) is 40.5 Å². The molecule has 2 heteroatoms. The first kappa shape index (κ1) is 13.0. The van der Waals surface area contributed by atoms with E-state index in [9.17, 15) is 0 Å². The molecule has 2 atom stereocenters. The fourth-order valence-corrected chi connectivity index (χ4v) is 2.42. The van der Waals surface area contributed by atoms with Crippen LogP contribution >= 0.6 is 0 Å². The number of rotatable bonds is 2. The highest BCUT2D eigenvalue weighted by molar-refractivity contribution is 4.97. The lowest BCUT2D eigenvalue weighted by Gasteiger charge is -2.51. The average Bonchev–Trinajstić information content (AvgIpc) is 2.16. The van der Waals surface area contributed by atoms with E-state index >= 15 is 0 Å².